The highest BCUT2D eigenvalue weighted by atomic mass is 19.1. The number of carboxylic acids is 1. The fraction of sp³-hybridized carbons (Fsp3) is 0.286. The summed E-state index contributed by atoms with van der Waals surface area (Å²) in [6.07, 6.45) is 3.35. The van der Waals surface area contributed by atoms with E-state index in [9.17, 15) is 9.90 Å². The number of nitrogens with zero attached hydrogens (tertiary/aromatic N) is 5. The lowest BCUT2D eigenvalue weighted by atomic mass is 9.86. The van der Waals surface area contributed by atoms with E-state index in [1.54, 1.807) is 16.9 Å². The molecule has 0 bridgehead atoms. The number of rotatable bonds is 5. The van der Waals surface area contributed by atoms with Crippen LogP contribution in [0.15, 0.2) is 54.7 Å². The van der Waals surface area contributed by atoms with Crippen LogP contribution < -0.4 is 0 Å². The number of pyridine rings is 1. The predicted molar refractivity (Wildman–Crippen MR) is 137 cm³/mol. The van der Waals surface area contributed by atoms with Crippen LogP contribution in [0.25, 0.3) is 33.2 Å². The first kappa shape index (κ1) is 23.3. The predicted octanol–water partition coefficient (Wildman–Crippen LogP) is 5.15. The van der Waals surface area contributed by atoms with Gasteiger partial charge in [0.1, 0.15) is 0 Å². The lowest BCUT2D eigenvalue weighted by molar-refractivity contribution is 0.0552. The number of aromatic nitrogens is 5. The maximum atomic E-state index is 16.1. The molecule has 0 saturated carbocycles. The molecule has 3 aromatic heterocycles. The molecule has 0 aliphatic carbocycles. The number of ether oxygens (including phenoxy) is 1. The maximum Gasteiger partial charge on any atom is 0.338 e. The molecule has 2 aromatic carbocycles. The van der Waals surface area contributed by atoms with Gasteiger partial charge in [-0.25, -0.2) is 13.9 Å². The zero-order chi connectivity index (χ0) is 25.7. The summed E-state index contributed by atoms with van der Waals surface area (Å²) in [6, 6.07) is 14.7. The summed E-state index contributed by atoms with van der Waals surface area (Å²) in [5.41, 5.74) is 4.65. The summed E-state index contributed by atoms with van der Waals surface area (Å²) < 4.78 is 25.4. The fourth-order valence-electron chi connectivity index (χ4n) is 5.71. The molecule has 1 unspecified atom stereocenters. The summed E-state index contributed by atoms with van der Waals surface area (Å²) >= 11 is 0. The lowest BCUT2D eigenvalue weighted by Gasteiger charge is -2.33. The molecule has 9 heteroatoms. The molecule has 1 saturated heterocycles. The summed E-state index contributed by atoms with van der Waals surface area (Å²) in [7, 11) is 1.82. The Bertz CT molecular complexity index is 1620. The molecule has 0 spiro atoms. The molecule has 1 atom stereocenters. The van der Waals surface area contributed by atoms with Gasteiger partial charge in [0.15, 0.2) is 5.82 Å². The van der Waals surface area contributed by atoms with Gasteiger partial charge >= 0.3 is 5.97 Å². The normalized spacial score (nSPS) is 15.4. The Morgan fingerprint density at radius 1 is 1.16 bits per heavy atom. The van der Waals surface area contributed by atoms with E-state index < -0.39 is 11.8 Å². The van der Waals surface area contributed by atoms with Gasteiger partial charge in [-0.05, 0) is 49.4 Å². The van der Waals surface area contributed by atoms with Gasteiger partial charge in [0.2, 0.25) is 0 Å². The van der Waals surface area contributed by atoms with Crippen LogP contribution in [0.3, 0.4) is 0 Å². The van der Waals surface area contributed by atoms with Crippen molar-refractivity contribution < 1.29 is 19.0 Å². The minimum absolute atomic E-state index is 0.159. The Morgan fingerprint density at radius 3 is 2.59 bits per heavy atom. The Hall–Kier alpha value is -4.11. The zero-order valence-corrected chi connectivity index (χ0v) is 20.6. The van der Waals surface area contributed by atoms with E-state index in [0.29, 0.717) is 24.1 Å². The van der Waals surface area contributed by atoms with Crippen LogP contribution >= 0.6 is 0 Å². The number of carboxylic acid groups (broad SMARTS) is 1. The third-order valence-electron chi connectivity index (χ3n) is 7.37. The first-order valence-corrected chi connectivity index (χ1v) is 12.3. The van der Waals surface area contributed by atoms with Crippen LogP contribution in [0.4, 0.5) is 4.39 Å². The lowest BCUT2D eigenvalue weighted by Crippen LogP contribution is -2.27. The van der Waals surface area contributed by atoms with Crippen molar-refractivity contribution in [2.45, 2.75) is 25.8 Å². The molecule has 1 N–H and O–H groups in total. The molecule has 1 fully saturated rings. The first-order valence-electron chi connectivity index (χ1n) is 12.3. The van der Waals surface area contributed by atoms with E-state index in [1.165, 1.54) is 6.07 Å². The van der Waals surface area contributed by atoms with E-state index in [0.717, 1.165) is 40.9 Å². The Kier molecular flexibility index (Phi) is 5.72. The number of fused-ring (bicyclic) bond motifs is 3. The molecular weight excluding hydrogens is 473 g/mol. The van der Waals surface area contributed by atoms with Gasteiger partial charge in [-0.1, -0.05) is 35.5 Å². The van der Waals surface area contributed by atoms with E-state index in [4.69, 9.17) is 9.72 Å². The largest absolute Gasteiger partial charge is 0.478 e. The first-order chi connectivity index (χ1) is 18.0. The van der Waals surface area contributed by atoms with E-state index >= 15 is 4.39 Å². The van der Waals surface area contributed by atoms with Gasteiger partial charge in [0.25, 0.3) is 0 Å². The average Bonchev–Trinajstić information content (AvgIpc) is 3.42. The van der Waals surface area contributed by atoms with Crippen LogP contribution in [-0.2, 0) is 11.8 Å². The molecule has 4 heterocycles. The fourth-order valence-corrected chi connectivity index (χ4v) is 5.71. The van der Waals surface area contributed by atoms with Crippen LogP contribution in [0, 0.1) is 18.7 Å². The van der Waals surface area contributed by atoms with Gasteiger partial charge in [-0.15, -0.1) is 5.10 Å². The minimum Gasteiger partial charge on any atom is -0.478 e. The number of halogens is 1. The number of aromatic carboxylic acids is 1. The van der Waals surface area contributed by atoms with Gasteiger partial charge in [0, 0.05) is 37.4 Å². The summed E-state index contributed by atoms with van der Waals surface area (Å²) in [6.45, 7) is 3.13. The minimum atomic E-state index is -1.30. The van der Waals surface area contributed by atoms with Crippen LogP contribution in [0.2, 0.25) is 0 Å². The van der Waals surface area contributed by atoms with Gasteiger partial charge in [0.05, 0.1) is 39.5 Å². The van der Waals surface area contributed by atoms with E-state index in [2.05, 4.69) is 10.3 Å². The number of hydrogen-bond donors (Lipinski definition) is 1. The Balaban J connectivity index is 1.73. The summed E-state index contributed by atoms with van der Waals surface area (Å²) in [5.74, 6) is -1.90. The van der Waals surface area contributed by atoms with Crippen molar-refractivity contribution in [2.75, 3.05) is 13.2 Å². The molecule has 0 amide bonds. The van der Waals surface area contributed by atoms with Gasteiger partial charge in [-0.3, -0.25) is 4.98 Å². The van der Waals surface area contributed by atoms with Crippen molar-refractivity contribution in [3.05, 3.63) is 77.4 Å². The molecular formula is C28H26FN5O3. The summed E-state index contributed by atoms with van der Waals surface area (Å²) in [4.78, 5) is 16.7. The van der Waals surface area contributed by atoms with Crippen molar-refractivity contribution in [1.82, 2.24) is 24.5 Å². The van der Waals surface area contributed by atoms with Crippen molar-refractivity contribution in [2.24, 2.45) is 13.0 Å². The van der Waals surface area contributed by atoms with Crippen LogP contribution in [0.1, 0.15) is 40.5 Å². The zero-order valence-electron chi connectivity index (χ0n) is 20.6. The molecule has 1 aliphatic heterocycles. The second-order valence-corrected chi connectivity index (χ2v) is 9.54. The topological polar surface area (TPSA) is 95.1 Å². The van der Waals surface area contributed by atoms with Crippen molar-refractivity contribution in [1.29, 1.82) is 0 Å². The van der Waals surface area contributed by atoms with Crippen molar-refractivity contribution in [3.63, 3.8) is 0 Å². The monoisotopic (exact) mass is 499 g/mol. The second kappa shape index (κ2) is 9.08. The quantitative estimate of drug-likeness (QED) is 0.360. The third kappa shape index (κ3) is 3.77. The molecule has 8 nitrogen and oxygen atoms in total. The molecule has 0 radical (unpaired) electrons. The summed E-state index contributed by atoms with van der Waals surface area (Å²) in [5, 5.41) is 18.6. The molecule has 188 valence electrons. The number of benzene rings is 2. The number of hydrogen-bond acceptors (Lipinski definition) is 5. The molecule has 37 heavy (non-hydrogen) atoms. The highest BCUT2D eigenvalue weighted by Crippen LogP contribution is 2.42. The second-order valence-electron chi connectivity index (χ2n) is 9.54. The standard InChI is InChI=1S/C28H26FN5O3/c1-16-25(33(2)32-31-16)19-14-22-24(30-15-19)21-9-8-20(28(35)36)23(29)27(21)34(22)26(17-6-4-3-5-7-17)18-10-12-37-13-11-18/h3-9,14-15,18,26H,10-13H2,1-2H3,(H,35,36). The third-order valence-corrected chi connectivity index (χ3v) is 7.37. The average molecular weight is 500 g/mol. The number of carbonyl (C=O) groups is 1. The van der Waals surface area contributed by atoms with Crippen LogP contribution in [-0.4, -0.2) is 48.8 Å². The molecule has 1 aliphatic rings. The molecule has 6 rings (SSSR count). The highest BCUT2D eigenvalue weighted by Gasteiger charge is 2.32. The SMILES string of the molecule is Cc1nnn(C)c1-c1cnc2c3ccc(C(=O)O)c(F)c3n(C(c3ccccc3)C3CCOCC3)c2c1. The van der Waals surface area contributed by atoms with Crippen molar-refractivity contribution >= 4 is 27.9 Å². The van der Waals surface area contributed by atoms with Gasteiger partial charge < -0.3 is 14.4 Å². The Labute approximate surface area is 212 Å². The molecule has 5 aromatic rings. The Morgan fingerprint density at radius 2 is 1.92 bits per heavy atom. The van der Waals surface area contributed by atoms with Gasteiger partial charge in [-0.2, -0.15) is 0 Å². The maximum absolute atomic E-state index is 16.1. The smallest absolute Gasteiger partial charge is 0.338 e. The van der Waals surface area contributed by atoms with Crippen molar-refractivity contribution in [3.8, 4) is 11.3 Å². The van der Waals surface area contributed by atoms with E-state index in [1.807, 2.05) is 54.9 Å². The van der Waals surface area contributed by atoms with Crippen LogP contribution in [0.5, 0.6) is 0 Å². The number of aryl methyl sites for hydroxylation is 2. The van der Waals surface area contributed by atoms with E-state index in [-0.39, 0.29) is 23.0 Å². The highest BCUT2D eigenvalue weighted by molar-refractivity contribution is 6.09.